The van der Waals surface area contributed by atoms with E-state index in [0.29, 0.717) is 5.92 Å². The Morgan fingerprint density at radius 2 is 2.42 bits per heavy atom. The molecule has 2 aliphatic rings. The van der Waals surface area contributed by atoms with Crippen LogP contribution >= 0.6 is 0 Å². The lowest BCUT2D eigenvalue weighted by molar-refractivity contribution is 0.0643. The second kappa shape index (κ2) is 2.33. The number of aliphatic hydroxyl groups excluding tert-OH is 1. The van der Waals surface area contributed by atoms with Crippen molar-refractivity contribution in [1.29, 1.82) is 0 Å². The van der Waals surface area contributed by atoms with Gasteiger partial charge in [-0.2, -0.15) is 0 Å². The van der Waals surface area contributed by atoms with Crippen molar-refractivity contribution in [2.75, 3.05) is 7.11 Å². The van der Waals surface area contributed by atoms with Gasteiger partial charge in [-0.1, -0.05) is 6.58 Å². The Labute approximate surface area is 73.2 Å². The first-order valence-electron chi connectivity index (χ1n) is 4.53. The Hall–Kier alpha value is -0.340. The summed E-state index contributed by atoms with van der Waals surface area (Å²) in [6.45, 7) is 6.04. The topological polar surface area (TPSA) is 29.5 Å². The summed E-state index contributed by atoms with van der Waals surface area (Å²) in [7, 11) is 1.73. The standard InChI is InChI=1S/C10H16O2/c1-6-9(11)4-8-5-10(6,8)7(2)12-3/h7-9,11H,1,4-5H2,2-3H3. The summed E-state index contributed by atoms with van der Waals surface area (Å²) < 4.78 is 5.33. The van der Waals surface area contributed by atoms with Crippen LogP contribution in [0.1, 0.15) is 19.8 Å². The number of hydrogen-bond acceptors (Lipinski definition) is 2. The third-order valence-electron chi connectivity index (χ3n) is 3.74. The van der Waals surface area contributed by atoms with Crippen LogP contribution in [-0.2, 0) is 4.74 Å². The molecule has 0 aromatic carbocycles. The summed E-state index contributed by atoms with van der Waals surface area (Å²) >= 11 is 0. The number of ether oxygens (including phenoxy) is 1. The van der Waals surface area contributed by atoms with Gasteiger partial charge in [-0.3, -0.25) is 0 Å². The first kappa shape index (κ1) is 8.27. The molecule has 2 rings (SSSR count). The van der Waals surface area contributed by atoms with Gasteiger partial charge < -0.3 is 9.84 Å². The van der Waals surface area contributed by atoms with E-state index < -0.39 is 0 Å². The lowest BCUT2D eigenvalue weighted by Gasteiger charge is -2.23. The molecule has 68 valence electrons. The summed E-state index contributed by atoms with van der Waals surface area (Å²) in [4.78, 5) is 0. The van der Waals surface area contributed by atoms with Crippen LogP contribution in [0.2, 0.25) is 0 Å². The van der Waals surface area contributed by atoms with Crippen molar-refractivity contribution in [2.45, 2.75) is 32.0 Å². The first-order valence-corrected chi connectivity index (χ1v) is 4.53. The fraction of sp³-hybridized carbons (Fsp3) is 0.800. The monoisotopic (exact) mass is 168 g/mol. The predicted molar refractivity (Wildman–Crippen MR) is 46.8 cm³/mol. The average molecular weight is 168 g/mol. The van der Waals surface area contributed by atoms with Gasteiger partial charge in [-0.15, -0.1) is 0 Å². The van der Waals surface area contributed by atoms with Crippen molar-refractivity contribution in [3.8, 4) is 0 Å². The molecule has 2 fully saturated rings. The fourth-order valence-electron chi connectivity index (χ4n) is 2.73. The molecule has 0 aliphatic heterocycles. The minimum atomic E-state index is -0.277. The molecule has 0 saturated heterocycles. The highest BCUT2D eigenvalue weighted by molar-refractivity contribution is 5.34. The normalized spacial score (nSPS) is 47.4. The van der Waals surface area contributed by atoms with E-state index in [2.05, 4.69) is 13.5 Å². The molecule has 2 nitrogen and oxygen atoms in total. The van der Waals surface area contributed by atoms with Crippen LogP contribution in [0.5, 0.6) is 0 Å². The minimum Gasteiger partial charge on any atom is -0.389 e. The van der Waals surface area contributed by atoms with E-state index in [9.17, 15) is 5.11 Å². The van der Waals surface area contributed by atoms with E-state index in [1.54, 1.807) is 7.11 Å². The van der Waals surface area contributed by atoms with Crippen LogP contribution in [0, 0.1) is 11.3 Å². The van der Waals surface area contributed by atoms with E-state index in [1.165, 1.54) is 0 Å². The average Bonchev–Trinajstić information content (AvgIpc) is 2.72. The molecular formula is C10H16O2. The molecule has 4 atom stereocenters. The van der Waals surface area contributed by atoms with Crippen molar-refractivity contribution in [3.63, 3.8) is 0 Å². The number of methoxy groups -OCH3 is 1. The maximum Gasteiger partial charge on any atom is 0.0757 e. The highest BCUT2D eigenvalue weighted by atomic mass is 16.5. The van der Waals surface area contributed by atoms with E-state index in [-0.39, 0.29) is 17.6 Å². The Morgan fingerprint density at radius 3 is 2.83 bits per heavy atom. The van der Waals surface area contributed by atoms with Crippen molar-refractivity contribution < 1.29 is 9.84 Å². The molecule has 0 heterocycles. The van der Waals surface area contributed by atoms with Crippen molar-refractivity contribution >= 4 is 0 Å². The van der Waals surface area contributed by atoms with Gasteiger partial charge in [0.2, 0.25) is 0 Å². The van der Waals surface area contributed by atoms with Gasteiger partial charge in [0.25, 0.3) is 0 Å². The first-order chi connectivity index (χ1) is 5.63. The number of aliphatic hydroxyl groups is 1. The summed E-state index contributed by atoms with van der Waals surface area (Å²) in [6.07, 6.45) is 2.00. The number of rotatable bonds is 2. The Bertz CT molecular complexity index is 224. The van der Waals surface area contributed by atoms with Crippen LogP contribution in [0.4, 0.5) is 0 Å². The molecule has 0 aromatic rings. The van der Waals surface area contributed by atoms with Crippen LogP contribution in [0.15, 0.2) is 12.2 Å². The third kappa shape index (κ3) is 0.771. The van der Waals surface area contributed by atoms with Crippen molar-refractivity contribution in [2.24, 2.45) is 11.3 Å². The van der Waals surface area contributed by atoms with Crippen LogP contribution < -0.4 is 0 Å². The van der Waals surface area contributed by atoms with Gasteiger partial charge in [0, 0.05) is 12.5 Å². The molecule has 2 saturated carbocycles. The highest BCUT2D eigenvalue weighted by Crippen LogP contribution is 2.68. The molecule has 0 radical (unpaired) electrons. The van der Waals surface area contributed by atoms with Gasteiger partial charge in [0.15, 0.2) is 0 Å². The molecule has 12 heavy (non-hydrogen) atoms. The molecule has 0 bridgehead atoms. The van der Waals surface area contributed by atoms with Crippen LogP contribution in [0.3, 0.4) is 0 Å². The fourth-order valence-corrected chi connectivity index (χ4v) is 2.73. The Balaban J connectivity index is 2.20. The van der Waals surface area contributed by atoms with E-state index in [4.69, 9.17) is 4.74 Å². The highest BCUT2D eigenvalue weighted by Gasteiger charge is 2.65. The minimum absolute atomic E-state index is 0.133. The number of fused-ring (bicyclic) bond motifs is 1. The second-order valence-electron chi connectivity index (χ2n) is 4.10. The molecule has 0 spiro atoms. The maximum absolute atomic E-state index is 9.55. The van der Waals surface area contributed by atoms with Gasteiger partial charge in [0.05, 0.1) is 12.2 Å². The predicted octanol–water partition coefficient (Wildman–Crippen LogP) is 1.35. The van der Waals surface area contributed by atoms with Gasteiger partial charge >= 0.3 is 0 Å². The van der Waals surface area contributed by atoms with Gasteiger partial charge in [0.1, 0.15) is 0 Å². The lowest BCUT2D eigenvalue weighted by atomic mass is 9.92. The van der Waals surface area contributed by atoms with Gasteiger partial charge in [-0.05, 0) is 31.3 Å². The zero-order chi connectivity index (χ0) is 8.93. The zero-order valence-corrected chi connectivity index (χ0v) is 7.71. The SMILES string of the molecule is C=C1C(O)CC2CC12C(C)OC. The second-order valence-corrected chi connectivity index (χ2v) is 4.10. The molecule has 1 N–H and O–H groups in total. The van der Waals surface area contributed by atoms with E-state index in [1.807, 2.05) is 0 Å². The van der Waals surface area contributed by atoms with Crippen molar-refractivity contribution in [3.05, 3.63) is 12.2 Å². The molecule has 4 unspecified atom stereocenters. The summed E-state index contributed by atoms with van der Waals surface area (Å²) in [5.74, 6) is 0.634. The summed E-state index contributed by atoms with van der Waals surface area (Å²) in [6, 6.07) is 0. The Morgan fingerprint density at radius 1 is 1.75 bits per heavy atom. The van der Waals surface area contributed by atoms with Crippen molar-refractivity contribution in [1.82, 2.24) is 0 Å². The lowest BCUT2D eigenvalue weighted by Crippen LogP contribution is -2.24. The molecular weight excluding hydrogens is 152 g/mol. The third-order valence-corrected chi connectivity index (χ3v) is 3.74. The molecule has 2 heteroatoms. The zero-order valence-electron chi connectivity index (χ0n) is 7.71. The van der Waals surface area contributed by atoms with Crippen LogP contribution in [0.25, 0.3) is 0 Å². The van der Waals surface area contributed by atoms with E-state index in [0.717, 1.165) is 18.4 Å². The smallest absolute Gasteiger partial charge is 0.0757 e. The largest absolute Gasteiger partial charge is 0.389 e. The van der Waals surface area contributed by atoms with Crippen LogP contribution in [-0.4, -0.2) is 24.4 Å². The summed E-state index contributed by atoms with van der Waals surface area (Å²) in [5, 5.41) is 9.55. The molecule has 0 aromatic heterocycles. The number of hydrogen-bond donors (Lipinski definition) is 1. The summed E-state index contributed by atoms with van der Waals surface area (Å²) in [5.41, 5.74) is 1.13. The van der Waals surface area contributed by atoms with Gasteiger partial charge in [-0.25, -0.2) is 0 Å². The Kier molecular flexibility index (Phi) is 1.61. The van der Waals surface area contributed by atoms with E-state index >= 15 is 0 Å². The quantitative estimate of drug-likeness (QED) is 0.631. The molecule has 2 aliphatic carbocycles. The molecule has 0 amide bonds. The maximum atomic E-state index is 9.55.